The number of hydrogen-bond donors (Lipinski definition) is 2. The molecule has 1 aromatic rings. The van der Waals surface area contributed by atoms with E-state index in [0.717, 1.165) is 43.9 Å². The number of rotatable bonds is 6. The standard InChI is InChI=1S/C16H22N2O2/c1-2-11-20-15-6-3-13(4-7-15)5-8-16(19)18-14-9-10-17-12-14/h3-8,14,17H,2,9-12H2,1H3,(H,18,19)/b8-5+. The Morgan fingerprint density at radius 1 is 1.45 bits per heavy atom. The minimum atomic E-state index is -0.0370. The summed E-state index contributed by atoms with van der Waals surface area (Å²) in [6.07, 6.45) is 5.41. The summed E-state index contributed by atoms with van der Waals surface area (Å²) in [5, 5.41) is 6.20. The highest BCUT2D eigenvalue weighted by atomic mass is 16.5. The monoisotopic (exact) mass is 274 g/mol. The van der Waals surface area contributed by atoms with Gasteiger partial charge < -0.3 is 15.4 Å². The molecule has 1 saturated heterocycles. The Hall–Kier alpha value is -1.81. The second kappa shape index (κ2) is 7.70. The molecule has 2 N–H and O–H groups in total. The van der Waals surface area contributed by atoms with Crippen molar-refractivity contribution in [3.8, 4) is 5.75 Å². The number of nitrogens with one attached hydrogen (secondary N) is 2. The van der Waals surface area contributed by atoms with Gasteiger partial charge >= 0.3 is 0 Å². The molecule has 1 heterocycles. The second-order valence-corrected chi connectivity index (χ2v) is 4.95. The molecule has 0 aromatic heterocycles. The van der Waals surface area contributed by atoms with Crippen LogP contribution in [0, 0.1) is 0 Å². The van der Waals surface area contributed by atoms with Crippen LogP contribution in [-0.4, -0.2) is 31.6 Å². The summed E-state index contributed by atoms with van der Waals surface area (Å²) in [4.78, 5) is 11.7. The summed E-state index contributed by atoms with van der Waals surface area (Å²) in [5.41, 5.74) is 0.994. The van der Waals surface area contributed by atoms with E-state index in [1.54, 1.807) is 6.08 Å². The first-order valence-electron chi connectivity index (χ1n) is 7.20. The van der Waals surface area contributed by atoms with Crippen molar-refractivity contribution in [2.75, 3.05) is 19.7 Å². The summed E-state index contributed by atoms with van der Waals surface area (Å²) in [5.74, 6) is 0.829. The highest BCUT2D eigenvalue weighted by Gasteiger charge is 2.14. The highest BCUT2D eigenvalue weighted by Crippen LogP contribution is 2.13. The summed E-state index contributed by atoms with van der Waals surface area (Å²) in [7, 11) is 0. The van der Waals surface area contributed by atoms with E-state index in [1.165, 1.54) is 0 Å². The normalized spacial score (nSPS) is 18.4. The lowest BCUT2D eigenvalue weighted by molar-refractivity contribution is -0.117. The average molecular weight is 274 g/mol. The van der Waals surface area contributed by atoms with Crippen LogP contribution in [0.1, 0.15) is 25.3 Å². The Morgan fingerprint density at radius 2 is 2.25 bits per heavy atom. The molecule has 0 aliphatic carbocycles. The Labute approximate surface area is 120 Å². The molecule has 2 rings (SSSR count). The Bertz CT molecular complexity index is 448. The summed E-state index contributed by atoms with van der Waals surface area (Å²) < 4.78 is 5.51. The van der Waals surface area contributed by atoms with Gasteiger partial charge in [0.15, 0.2) is 0 Å². The summed E-state index contributed by atoms with van der Waals surface area (Å²) >= 11 is 0. The molecular formula is C16H22N2O2. The predicted octanol–water partition coefficient (Wildman–Crippen LogP) is 1.97. The van der Waals surface area contributed by atoms with Crippen LogP contribution >= 0.6 is 0 Å². The van der Waals surface area contributed by atoms with Gasteiger partial charge in [0, 0.05) is 18.7 Å². The molecule has 0 radical (unpaired) electrons. The van der Waals surface area contributed by atoms with Gasteiger partial charge in [0.2, 0.25) is 5.91 Å². The molecule has 1 aliphatic heterocycles. The first kappa shape index (κ1) is 14.6. The topological polar surface area (TPSA) is 50.4 Å². The number of hydrogen-bond acceptors (Lipinski definition) is 3. The third kappa shape index (κ3) is 4.70. The first-order chi connectivity index (χ1) is 9.78. The van der Waals surface area contributed by atoms with Crippen LogP contribution in [0.5, 0.6) is 5.75 Å². The third-order valence-electron chi connectivity index (χ3n) is 3.19. The molecule has 20 heavy (non-hydrogen) atoms. The van der Waals surface area contributed by atoms with Crippen LogP contribution in [0.3, 0.4) is 0 Å². The zero-order valence-corrected chi connectivity index (χ0v) is 11.9. The number of carbonyl (C=O) groups is 1. The molecule has 0 saturated carbocycles. The molecule has 0 spiro atoms. The maximum atomic E-state index is 11.7. The molecule has 1 amide bonds. The molecule has 4 nitrogen and oxygen atoms in total. The summed E-state index contributed by atoms with van der Waals surface area (Å²) in [6.45, 7) is 4.65. The maximum absolute atomic E-state index is 11.7. The van der Waals surface area contributed by atoms with Gasteiger partial charge in [0.05, 0.1) is 6.61 Å². The van der Waals surface area contributed by atoms with Gasteiger partial charge in [0.1, 0.15) is 5.75 Å². The van der Waals surface area contributed by atoms with Gasteiger partial charge in [-0.3, -0.25) is 4.79 Å². The van der Waals surface area contributed by atoms with Crippen LogP contribution in [0.4, 0.5) is 0 Å². The number of amides is 1. The molecule has 108 valence electrons. The van der Waals surface area contributed by atoms with Crippen molar-refractivity contribution >= 4 is 12.0 Å². The van der Waals surface area contributed by atoms with Gasteiger partial charge in [0.25, 0.3) is 0 Å². The molecule has 1 aliphatic rings. The lowest BCUT2D eigenvalue weighted by Gasteiger charge is -2.08. The Morgan fingerprint density at radius 3 is 2.90 bits per heavy atom. The number of benzene rings is 1. The second-order valence-electron chi connectivity index (χ2n) is 4.95. The van der Waals surface area contributed by atoms with Gasteiger partial charge in [-0.05, 0) is 43.2 Å². The van der Waals surface area contributed by atoms with E-state index in [4.69, 9.17) is 4.74 Å². The van der Waals surface area contributed by atoms with Gasteiger partial charge in [-0.2, -0.15) is 0 Å². The number of ether oxygens (including phenoxy) is 1. The smallest absolute Gasteiger partial charge is 0.244 e. The van der Waals surface area contributed by atoms with Crippen LogP contribution in [0.15, 0.2) is 30.3 Å². The molecule has 1 aromatic carbocycles. The largest absolute Gasteiger partial charge is 0.494 e. The minimum Gasteiger partial charge on any atom is -0.494 e. The highest BCUT2D eigenvalue weighted by molar-refractivity contribution is 5.91. The SMILES string of the molecule is CCCOc1ccc(/C=C/C(=O)NC2CCNC2)cc1. The molecule has 1 unspecified atom stereocenters. The van der Waals surface area contributed by atoms with Gasteiger partial charge in [-0.1, -0.05) is 19.1 Å². The fourth-order valence-electron chi connectivity index (χ4n) is 2.09. The van der Waals surface area contributed by atoms with E-state index in [9.17, 15) is 4.79 Å². The maximum Gasteiger partial charge on any atom is 0.244 e. The average Bonchev–Trinajstić information content (AvgIpc) is 2.97. The van der Waals surface area contributed by atoms with Crippen LogP contribution in [0.2, 0.25) is 0 Å². The first-order valence-corrected chi connectivity index (χ1v) is 7.20. The minimum absolute atomic E-state index is 0.0370. The van der Waals surface area contributed by atoms with Crippen molar-refractivity contribution in [2.24, 2.45) is 0 Å². The van der Waals surface area contributed by atoms with E-state index in [1.807, 2.05) is 30.3 Å². The molecule has 4 heteroatoms. The van der Waals surface area contributed by atoms with Crippen molar-refractivity contribution in [1.29, 1.82) is 0 Å². The van der Waals surface area contributed by atoms with Crippen LogP contribution < -0.4 is 15.4 Å². The summed E-state index contributed by atoms with van der Waals surface area (Å²) in [6, 6.07) is 8.01. The van der Waals surface area contributed by atoms with E-state index in [0.29, 0.717) is 0 Å². The van der Waals surface area contributed by atoms with E-state index in [2.05, 4.69) is 17.6 Å². The molecule has 1 fully saturated rings. The van der Waals surface area contributed by atoms with Gasteiger partial charge in [-0.15, -0.1) is 0 Å². The van der Waals surface area contributed by atoms with E-state index < -0.39 is 0 Å². The molecular weight excluding hydrogens is 252 g/mol. The van der Waals surface area contributed by atoms with E-state index in [-0.39, 0.29) is 11.9 Å². The Kier molecular flexibility index (Phi) is 5.62. The van der Waals surface area contributed by atoms with Crippen molar-refractivity contribution < 1.29 is 9.53 Å². The van der Waals surface area contributed by atoms with Crippen LogP contribution in [0.25, 0.3) is 6.08 Å². The fourth-order valence-corrected chi connectivity index (χ4v) is 2.09. The van der Waals surface area contributed by atoms with Crippen molar-refractivity contribution in [1.82, 2.24) is 10.6 Å². The van der Waals surface area contributed by atoms with E-state index >= 15 is 0 Å². The molecule has 0 bridgehead atoms. The van der Waals surface area contributed by atoms with Gasteiger partial charge in [-0.25, -0.2) is 0 Å². The fraction of sp³-hybridized carbons (Fsp3) is 0.438. The predicted molar refractivity (Wildman–Crippen MR) is 80.7 cm³/mol. The zero-order valence-electron chi connectivity index (χ0n) is 11.9. The Balaban J connectivity index is 1.82. The molecule has 1 atom stereocenters. The van der Waals surface area contributed by atoms with Crippen molar-refractivity contribution in [3.63, 3.8) is 0 Å². The lowest BCUT2D eigenvalue weighted by atomic mass is 10.2. The third-order valence-corrected chi connectivity index (χ3v) is 3.19. The number of carbonyl (C=O) groups excluding carboxylic acids is 1. The van der Waals surface area contributed by atoms with Crippen molar-refractivity contribution in [2.45, 2.75) is 25.8 Å². The van der Waals surface area contributed by atoms with Crippen molar-refractivity contribution in [3.05, 3.63) is 35.9 Å². The van der Waals surface area contributed by atoms with Crippen LogP contribution in [-0.2, 0) is 4.79 Å². The quantitative estimate of drug-likeness (QED) is 0.780. The zero-order chi connectivity index (χ0) is 14.2. The lowest BCUT2D eigenvalue weighted by Crippen LogP contribution is -2.34.